The number of hydrogen-bond donors (Lipinski definition) is 2. The third kappa shape index (κ3) is 3.38. The Morgan fingerprint density at radius 2 is 1.97 bits per heavy atom. The quantitative estimate of drug-likeness (QED) is 0.638. The van der Waals surface area contributed by atoms with Crippen molar-refractivity contribution in [1.29, 1.82) is 0 Å². The third-order valence-corrected chi connectivity index (χ3v) is 7.71. The number of halogens is 1. The van der Waals surface area contributed by atoms with Crippen LogP contribution in [0, 0.1) is 5.41 Å². The highest BCUT2D eigenvalue weighted by Crippen LogP contribution is 2.50. The van der Waals surface area contributed by atoms with E-state index in [9.17, 15) is 0 Å². The van der Waals surface area contributed by atoms with Crippen molar-refractivity contribution in [3.63, 3.8) is 0 Å². The van der Waals surface area contributed by atoms with Gasteiger partial charge < -0.3 is 16.4 Å². The van der Waals surface area contributed by atoms with Crippen molar-refractivity contribution in [2.24, 2.45) is 11.1 Å². The fourth-order valence-corrected chi connectivity index (χ4v) is 5.46. The van der Waals surface area contributed by atoms with Gasteiger partial charge in [-0.05, 0) is 42.4 Å². The van der Waals surface area contributed by atoms with Gasteiger partial charge in [-0.25, -0.2) is 9.97 Å². The van der Waals surface area contributed by atoms with Crippen molar-refractivity contribution in [1.82, 2.24) is 19.9 Å². The average molecular weight is 440 g/mol. The van der Waals surface area contributed by atoms with Gasteiger partial charge in [0.2, 0.25) is 0 Å². The second kappa shape index (κ2) is 7.68. The number of nitrogen functional groups attached to an aromatic ring is 1. The number of nitrogens with zero attached hydrogens (tertiary/aromatic N) is 5. The molecule has 3 aromatic rings. The molecule has 1 aliphatic heterocycles. The van der Waals surface area contributed by atoms with Gasteiger partial charge in [0, 0.05) is 48.3 Å². The molecule has 4 heterocycles. The largest absolute Gasteiger partial charge is 0.381 e. The van der Waals surface area contributed by atoms with Crippen LogP contribution in [-0.2, 0) is 6.42 Å². The van der Waals surface area contributed by atoms with E-state index in [1.54, 1.807) is 18.6 Å². The Labute approximate surface area is 184 Å². The molecule has 7 nitrogen and oxygen atoms in total. The van der Waals surface area contributed by atoms with Gasteiger partial charge in [0.05, 0.1) is 11.2 Å². The van der Waals surface area contributed by atoms with E-state index in [1.165, 1.54) is 17.3 Å². The third-order valence-electron chi connectivity index (χ3n) is 6.22. The summed E-state index contributed by atoms with van der Waals surface area (Å²) in [6, 6.07) is 5.97. The lowest BCUT2D eigenvalue weighted by Gasteiger charge is -2.42. The van der Waals surface area contributed by atoms with Gasteiger partial charge in [0.15, 0.2) is 5.82 Å². The van der Waals surface area contributed by atoms with Crippen LogP contribution in [0.2, 0.25) is 5.02 Å². The standard InChI is InChI=1S/C21H22ClN7S/c22-14-11-25-7-3-16(14)30-20-19(24)28-17(12-27-20)29-8-4-21(5-9-29)10-15-13(18(21)23)2-1-6-26-15/h1-3,6-7,11-12,18H,4-5,8-10,23H2,(H2,24,28)/t18-/m1/s1. The van der Waals surface area contributed by atoms with Crippen molar-refractivity contribution >= 4 is 35.0 Å². The van der Waals surface area contributed by atoms with Gasteiger partial charge in [-0.3, -0.25) is 9.97 Å². The highest BCUT2D eigenvalue weighted by Gasteiger charge is 2.46. The first kappa shape index (κ1) is 19.5. The first-order valence-corrected chi connectivity index (χ1v) is 11.1. The number of hydrogen-bond acceptors (Lipinski definition) is 8. The topological polar surface area (TPSA) is 107 Å². The minimum Gasteiger partial charge on any atom is -0.381 e. The van der Waals surface area contributed by atoms with Gasteiger partial charge in [0.25, 0.3) is 0 Å². The Kier molecular flexibility index (Phi) is 5.00. The molecule has 0 amide bonds. The van der Waals surface area contributed by atoms with Crippen LogP contribution in [0.3, 0.4) is 0 Å². The van der Waals surface area contributed by atoms with E-state index in [0.29, 0.717) is 15.9 Å². The molecule has 1 atom stereocenters. The molecule has 1 fully saturated rings. The van der Waals surface area contributed by atoms with E-state index in [-0.39, 0.29) is 11.5 Å². The van der Waals surface area contributed by atoms with E-state index in [2.05, 4.69) is 30.9 Å². The smallest absolute Gasteiger partial charge is 0.158 e. The number of pyridine rings is 2. The van der Waals surface area contributed by atoms with E-state index < -0.39 is 0 Å². The number of piperidine rings is 1. The zero-order chi connectivity index (χ0) is 20.7. The summed E-state index contributed by atoms with van der Waals surface area (Å²) in [6.07, 6.45) is 9.89. The number of fused-ring (bicyclic) bond motifs is 1. The van der Waals surface area contributed by atoms with E-state index in [4.69, 9.17) is 23.1 Å². The molecule has 1 spiro atoms. The van der Waals surface area contributed by atoms with Gasteiger partial charge in [-0.15, -0.1) is 0 Å². The Morgan fingerprint density at radius 1 is 1.13 bits per heavy atom. The summed E-state index contributed by atoms with van der Waals surface area (Å²) in [5, 5.41) is 1.21. The van der Waals surface area contributed by atoms with E-state index in [0.717, 1.165) is 48.8 Å². The summed E-state index contributed by atoms with van der Waals surface area (Å²) in [7, 11) is 0. The lowest BCUT2D eigenvalue weighted by Crippen LogP contribution is -2.44. The van der Waals surface area contributed by atoms with Crippen LogP contribution in [-0.4, -0.2) is 33.0 Å². The molecule has 2 aliphatic rings. The molecular weight excluding hydrogens is 418 g/mol. The Morgan fingerprint density at radius 3 is 2.70 bits per heavy atom. The maximum atomic E-state index is 6.65. The molecule has 1 saturated heterocycles. The molecule has 1 aliphatic carbocycles. The highest BCUT2D eigenvalue weighted by atomic mass is 35.5. The zero-order valence-electron chi connectivity index (χ0n) is 16.3. The summed E-state index contributed by atoms with van der Waals surface area (Å²) in [6.45, 7) is 1.75. The minimum absolute atomic E-state index is 0.0448. The average Bonchev–Trinajstić information content (AvgIpc) is 3.03. The first-order valence-electron chi connectivity index (χ1n) is 9.90. The number of anilines is 2. The van der Waals surface area contributed by atoms with Crippen LogP contribution in [0.1, 0.15) is 30.1 Å². The van der Waals surface area contributed by atoms with Gasteiger partial charge in [-0.1, -0.05) is 29.4 Å². The van der Waals surface area contributed by atoms with Crippen molar-refractivity contribution in [2.75, 3.05) is 23.7 Å². The Hall–Kier alpha value is -2.42. The summed E-state index contributed by atoms with van der Waals surface area (Å²) in [5.41, 5.74) is 15.3. The maximum Gasteiger partial charge on any atom is 0.158 e. The van der Waals surface area contributed by atoms with Gasteiger partial charge in [0.1, 0.15) is 10.8 Å². The van der Waals surface area contributed by atoms with Crippen molar-refractivity contribution in [3.8, 4) is 0 Å². The molecule has 0 bridgehead atoms. The molecule has 3 aromatic heterocycles. The second-order valence-corrected chi connectivity index (χ2v) is 9.31. The molecule has 0 aromatic carbocycles. The number of aromatic nitrogens is 4. The molecular formula is C21H22ClN7S. The predicted octanol–water partition coefficient (Wildman–Crippen LogP) is 3.50. The van der Waals surface area contributed by atoms with Crippen LogP contribution < -0.4 is 16.4 Å². The highest BCUT2D eigenvalue weighted by molar-refractivity contribution is 7.99. The molecule has 0 radical (unpaired) electrons. The summed E-state index contributed by atoms with van der Waals surface area (Å²) in [4.78, 5) is 20.8. The Balaban J connectivity index is 1.29. The van der Waals surface area contributed by atoms with Crippen LogP contribution in [0.15, 0.2) is 52.9 Å². The monoisotopic (exact) mass is 439 g/mol. The molecule has 154 valence electrons. The zero-order valence-corrected chi connectivity index (χ0v) is 17.9. The molecule has 30 heavy (non-hydrogen) atoms. The summed E-state index contributed by atoms with van der Waals surface area (Å²) in [5.74, 6) is 1.20. The summed E-state index contributed by atoms with van der Waals surface area (Å²) < 4.78 is 0. The van der Waals surface area contributed by atoms with Crippen LogP contribution in [0.4, 0.5) is 11.6 Å². The normalized spacial score (nSPS) is 19.8. The van der Waals surface area contributed by atoms with Crippen LogP contribution in [0.5, 0.6) is 0 Å². The van der Waals surface area contributed by atoms with E-state index >= 15 is 0 Å². The molecule has 9 heteroatoms. The number of rotatable bonds is 3. The lowest BCUT2D eigenvalue weighted by atomic mass is 9.73. The SMILES string of the molecule is Nc1nc(N2CCC3(CC2)Cc2ncccc2[C@H]3N)cnc1Sc1ccncc1Cl. The molecule has 0 unspecified atom stereocenters. The molecule has 4 N–H and O–H groups in total. The van der Waals surface area contributed by atoms with Crippen molar-refractivity contribution in [2.45, 2.75) is 35.2 Å². The van der Waals surface area contributed by atoms with Crippen LogP contribution >= 0.6 is 23.4 Å². The first-order chi connectivity index (χ1) is 14.6. The van der Waals surface area contributed by atoms with Crippen molar-refractivity contribution < 1.29 is 0 Å². The maximum absolute atomic E-state index is 6.65. The lowest BCUT2D eigenvalue weighted by molar-refractivity contribution is 0.186. The van der Waals surface area contributed by atoms with Crippen molar-refractivity contribution in [3.05, 3.63) is 59.3 Å². The minimum atomic E-state index is 0.0448. The molecule has 0 saturated carbocycles. The van der Waals surface area contributed by atoms with Gasteiger partial charge >= 0.3 is 0 Å². The number of nitrogens with two attached hydrogens (primary N) is 2. The molecule has 5 rings (SSSR count). The Bertz CT molecular complexity index is 1080. The predicted molar refractivity (Wildman–Crippen MR) is 119 cm³/mol. The van der Waals surface area contributed by atoms with Crippen LogP contribution in [0.25, 0.3) is 0 Å². The summed E-state index contributed by atoms with van der Waals surface area (Å²) >= 11 is 7.58. The second-order valence-electron chi connectivity index (χ2n) is 7.87. The fourth-order valence-electron chi connectivity index (χ4n) is 4.49. The van der Waals surface area contributed by atoms with Gasteiger partial charge in [-0.2, -0.15) is 0 Å². The van der Waals surface area contributed by atoms with E-state index in [1.807, 2.05) is 18.3 Å². The fraction of sp³-hybridized carbons (Fsp3) is 0.333.